The summed E-state index contributed by atoms with van der Waals surface area (Å²) < 4.78 is 18.3. The third-order valence-electron chi connectivity index (χ3n) is 3.15. The number of hydrogen-bond acceptors (Lipinski definition) is 6. The highest BCUT2D eigenvalue weighted by Crippen LogP contribution is 2.22. The number of nitro groups is 1. The fourth-order valence-electron chi connectivity index (χ4n) is 2.00. The Morgan fingerprint density at radius 1 is 1.21 bits per heavy atom. The highest BCUT2D eigenvalue weighted by atomic mass is 19.1. The molecule has 0 aliphatic carbocycles. The molecule has 120 valence electrons. The summed E-state index contributed by atoms with van der Waals surface area (Å²) in [5, 5.41) is 20.5. The van der Waals surface area contributed by atoms with Crippen LogP contribution in [0.15, 0.2) is 53.3 Å². The molecule has 0 spiro atoms. The summed E-state index contributed by atoms with van der Waals surface area (Å²) in [6.45, 7) is 0. The Labute approximate surface area is 134 Å². The molecular weight excluding hydrogens is 319 g/mol. The number of nitrogens with zero attached hydrogens (tertiary/aromatic N) is 3. The maximum atomic E-state index is 13.3. The Bertz CT molecular complexity index is 894. The molecule has 2 aromatic carbocycles. The van der Waals surface area contributed by atoms with E-state index in [1.54, 1.807) is 12.1 Å². The van der Waals surface area contributed by atoms with Crippen LogP contribution in [0.3, 0.4) is 0 Å². The molecule has 3 aromatic rings. The lowest BCUT2D eigenvalue weighted by atomic mass is 10.1. The van der Waals surface area contributed by atoms with Crippen molar-refractivity contribution in [1.82, 2.24) is 10.2 Å². The van der Waals surface area contributed by atoms with Crippen molar-refractivity contribution >= 4 is 17.3 Å². The first-order valence-electron chi connectivity index (χ1n) is 6.66. The average Bonchev–Trinajstić information content (AvgIpc) is 3.11. The number of amides is 1. The number of nitro benzene ring substituents is 1. The smallest absolute Gasteiger partial charge is 0.306 e. The molecule has 0 atom stereocenters. The van der Waals surface area contributed by atoms with Gasteiger partial charge in [0.15, 0.2) is 0 Å². The standard InChI is InChI=1S/C15H9FN4O4/c16-12-6-5-11(7-13(12)20(22)23)18-14(21)9-1-3-10(4-2-9)15-19-17-8-24-15/h1-8H,(H,18,21). The van der Waals surface area contributed by atoms with Gasteiger partial charge in [-0.25, -0.2) is 0 Å². The zero-order valence-corrected chi connectivity index (χ0v) is 12.0. The number of aromatic nitrogens is 2. The molecule has 8 nitrogen and oxygen atoms in total. The zero-order chi connectivity index (χ0) is 17.1. The molecule has 0 bridgehead atoms. The molecule has 1 heterocycles. The van der Waals surface area contributed by atoms with Crippen LogP contribution in [0.25, 0.3) is 11.5 Å². The summed E-state index contributed by atoms with van der Waals surface area (Å²) in [4.78, 5) is 22.0. The van der Waals surface area contributed by atoms with Gasteiger partial charge < -0.3 is 9.73 Å². The van der Waals surface area contributed by atoms with Gasteiger partial charge in [0.1, 0.15) is 0 Å². The van der Waals surface area contributed by atoms with Crippen molar-refractivity contribution in [2.24, 2.45) is 0 Å². The average molecular weight is 328 g/mol. The number of rotatable bonds is 4. The summed E-state index contributed by atoms with van der Waals surface area (Å²) in [5.74, 6) is -1.15. The Morgan fingerprint density at radius 2 is 1.96 bits per heavy atom. The minimum absolute atomic E-state index is 0.120. The second-order valence-electron chi connectivity index (χ2n) is 4.70. The van der Waals surface area contributed by atoms with Crippen LogP contribution >= 0.6 is 0 Å². The SMILES string of the molecule is O=C(Nc1ccc(F)c([N+](=O)[O-])c1)c1ccc(-c2nnco2)cc1. The molecule has 1 aromatic heterocycles. The van der Waals surface area contributed by atoms with E-state index in [2.05, 4.69) is 15.5 Å². The van der Waals surface area contributed by atoms with Gasteiger partial charge in [0, 0.05) is 22.9 Å². The van der Waals surface area contributed by atoms with Gasteiger partial charge in [0.05, 0.1) is 4.92 Å². The molecule has 0 unspecified atom stereocenters. The second-order valence-corrected chi connectivity index (χ2v) is 4.70. The van der Waals surface area contributed by atoms with Crippen LogP contribution in [0.2, 0.25) is 0 Å². The van der Waals surface area contributed by atoms with Gasteiger partial charge in [-0.3, -0.25) is 14.9 Å². The summed E-state index contributed by atoms with van der Waals surface area (Å²) in [6, 6.07) is 9.43. The van der Waals surface area contributed by atoms with E-state index in [0.717, 1.165) is 12.1 Å². The summed E-state index contributed by atoms with van der Waals surface area (Å²) >= 11 is 0. The van der Waals surface area contributed by atoms with Gasteiger partial charge >= 0.3 is 5.69 Å². The van der Waals surface area contributed by atoms with Crippen molar-refractivity contribution < 1.29 is 18.5 Å². The van der Waals surface area contributed by atoms with Gasteiger partial charge in [-0.1, -0.05) is 0 Å². The Hall–Kier alpha value is -3.62. The van der Waals surface area contributed by atoms with Crippen LogP contribution in [0.4, 0.5) is 15.8 Å². The van der Waals surface area contributed by atoms with E-state index in [4.69, 9.17) is 4.42 Å². The second kappa shape index (κ2) is 6.24. The number of benzene rings is 2. The van der Waals surface area contributed by atoms with Gasteiger partial charge in [-0.05, 0) is 36.4 Å². The number of halogens is 1. The van der Waals surface area contributed by atoms with Crippen LogP contribution in [0.1, 0.15) is 10.4 Å². The van der Waals surface area contributed by atoms with Crippen LogP contribution in [-0.2, 0) is 0 Å². The third kappa shape index (κ3) is 3.09. The molecule has 1 amide bonds. The maximum absolute atomic E-state index is 13.3. The van der Waals surface area contributed by atoms with Crippen LogP contribution in [0.5, 0.6) is 0 Å². The van der Waals surface area contributed by atoms with Crippen LogP contribution in [-0.4, -0.2) is 21.0 Å². The van der Waals surface area contributed by atoms with Crippen LogP contribution < -0.4 is 5.32 Å². The number of carbonyl (C=O) groups is 1. The minimum atomic E-state index is -0.970. The first-order valence-corrected chi connectivity index (χ1v) is 6.66. The maximum Gasteiger partial charge on any atom is 0.306 e. The topological polar surface area (TPSA) is 111 Å². The van der Waals surface area contributed by atoms with Crippen molar-refractivity contribution in [3.05, 3.63) is 70.4 Å². The molecule has 0 radical (unpaired) electrons. The molecule has 9 heteroatoms. The molecule has 0 fully saturated rings. The molecular formula is C15H9FN4O4. The first kappa shape index (κ1) is 15.3. The predicted octanol–water partition coefficient (Wildman–Crippen LogP) is 3.04. The lowest BCUT2D eigenvalue weighted by Crippen LogP contribution is -2.12. The molecule has 0 aliphatic rings. The van der Waals surface area contributed by atoms with Crippen molar-refractivity contribution in [1.29, 1.82) is 0 Å². The fourth-order valence-corrected chi connectivity index (χ4v) is 2.00. The van der Waals surface area contributed by atoms with E-state index >= 15 is 0 Å². The number of carbonyl (C=O) groups excluding carboxylic acids is 1. The van der Waals surface area contributed by atoms with Crippen molar-refractivity contribution in [2.75, 3.05) is 5.32 Å². The number of anilines is 1. The zero-order valence-electron chi connectivity index (χ0n) is 12.0. The molecule has 0 saturated carbocycles. The third-order valence-corrected chi connectivity index (χ3v) is 3.15. The van der Waals surface area contributed by atoms with Gasteiger partial charge in [-0.15, -0.1) is 10.2 Å². The number of nitrogens with one attached hydrogen (secondary N) is 1. The van der Waals surface area contributed by atoms with E-state index < -0.39 is 22.3 Å². The lowest BCUT2D eigenvalue weighted by molar-refractivity contribution is -0.387. The van der Waals surface area contributed by atoms with E-state index in [-0.39, 0.29) is 5.69 Å². The van der Waals surface area contributed by atoms with E-state index in [1.165, 1.54) is 24.6 Å². The van der Waals surface area contributed by atoms with E-state index in [1.807, 2.05) is 0 Å². The Balaban J connectivity index is 1.78. The Kier molecular flexibility index (Phi) is 3.98. The quantitative estimate of drug-likeness (QED) is 0.582. The molecule has 1 N–H and O–H groups in total. The minimum Gasteiger partial charge on any atom is -0.423 e. The molecule has 0 aliphatic heterocycles. The van der Waals surface area contributed by atoms with Gasteiger partial charge in [0.25, 0.3) is 5.91 Å². The highest BCUT2D eigenvalue weighted by molar-refractivity contribution is 6.04. The van der Waals surface area contributed by atoms with Crippen LogP contribution in [0, 0.1) is 15.9 Å². The van der Waals surface area contributed by atoms with Crippen molar-refractivity contribution in [2.45, 2.75) is 0 Å². The molecule has 24 heavy (non-hydrogen) atoms. The molecule has 3 rings (SSSR count). The summed E-state index contributed by atoms with van der Waals surface area (Å²) in [5.41, 5.74) is 0.361. The Morgan fingerprint density at radius 3 is 2.58 bits per heavy atom. The van der Waals surface area contributed by atoms with E-state index in [0.29, 0.717) is 17.0 Å². The first-order chi connectivity index (χ1) is 11.5. The highest BCUT2D eigenvalue weighted by Gasteiger charge is 2.16. The van der Waals surface area contributed by atoms with Gasteiger partial charge in [0.2, 0.25) is 18.1 Å². The summed E-state index contributed by atoms with van der Waals surface area (Å²) in [6.07, 6.45) is 1.19. The van der Waals surface area contributed by atoms with Crippen molar-refractivity contribution in [3.63, 3.8) is 0 Å². The molecule has 0 saturated heterocycles. The number of hydrogen-bond donors (Lipinski definition) is 1. The lowest BCUT2D eigenvalue weighted by Gasteiger charge is -2.06. The normalized spacial score (nSPS) is 10.4. The van der Waals surface area contributed by atoms with E-state index in [9.17, 15) is 19.3 Å². The van der Waals surface area contributed by atoms with Crippen molar-refractivity contribution in [3.8, 4) is 11.5 Å². The fraction of sp³-hybridized carbons (Fsp3) is 0. The monoisotopic (exact) mass is 328 g/mol. The predicted molar refractivity (Wildman–Crippen MR) is 80.7 cm³/mol. The summed E-state index contributed by atoms with van der Waals surface area (Å²) in [7, 11) is 0. The van der Waals surface area contributed by atoms with Gasteiger partial charge in [-0.2, -0.15) is 4.39 Å². The largest absolute Gasteiger partial charge is 0.423 e.